The third-order valence-corrected chi connectivity index (χ3v) is 10.8. The van der Waals surface area contributed by atoms with E-state index in [0.29, 0.717) is 44.7 Å². The minimum atomic E-state index is -0.971. The number of aliphatic carboxylic acids is 1. The van der Waals surface area contributed by atoms with E-state index < -0.39 is 12.0 Å². The Hall–Kier alpha value is -2.94. The van der Waals surface area contributed by atoms with Gasteiger partial charge in [-0.25, -0.2) is 4.79 Å². The molecule has 2 amide bonds. The topological polar surface area (TPSA) is 116 Å². The molecule has 5 saturated carbocycles. The number of amides is 2. The molecule has 0 aromatic heterocycles. The molecule has 216 valence electrons. The van der Waals surface area contributed by atoms with E-state index in [2.05, 4.69) is 10.2 Å². The van der Waals surface area contributed by atoms with E-state index in [9.17, 15) is 24.3 Å². The highest BCUT2D eigenvalue weighted by Gasteiger charge is 2.65. The summed E-state index contributed by atoms with van der Waals surface area (Å²) in [5, 5.41) is 12.3. The quantitative estimate of drug-likeness (QED) is 0.430. The highest BCUT2D eigenvalue weighted by Crippen LogP contribution is 2.73. The molecular weight excluding hydrogens is 510 g/mol. The first-order chi connectivity index (χ1) is 19.2. The van der Waals surface area contributed by atoms with Gasteiger partial charge in [0.15, 0.2) is 0 Å². The Kier molecular flexibility index (Phi) is 7.36. The zero-order valence-electron chi connectivity index (χ0n) is 23.3. The standard InChI is InChI=1S/C31H41N3O6/c1-40-30(39)23-5-3-2-4-19(23)18-33-8-10-34(11-9-33)29(38)25(6-7-27(36)37)32-26(35)17-31-14-21-12-20-13-22(15-31)28(21)24(20)16-31/h2-5,20-22,24-25,28H,6-18H2,1H3,(H,32,35)(H,36,37). The highest BCUT2D eigenvalue weighted by atomic mass is 16.5. The number of carboxylic acid groups (broad SMARTS) is 1. The van der Waals surface area contributed by atoms with E-state index in [1.165, 1.54) is 20.0 Å². The predicted molar refractivity (Wildman–Crippen MR) is 146 cm³/mol. The lowest BCUT2D eigenvalue weighted by Crippen LogP contribution is -2.55. The summed E-state index contributed by atoms with van der Waals surface area (Å²) in [6, 6.07) is 6.54. The van der Waals surface area contributed by atoms with Crippen LogP contribution in [-0.2, 0) is 25.7 Å². The maximum Gasteiger partial charge on any atom is 0.338 e. The first-order valence-electron chi connectivity index (χ1n) is 14.9. The van der Waals surface area contributed by atoms with Crippen LogP contribution >= 0.6 is 0 Å². The van der Waals surface area contributed by atoms with E-state index in [0.717, 1.165) is 54.4 Å². The summed E-state index contributed by atoms with van der Waals surface area (Å²) in [7, 11) is 1.37. The maximum atomic E-state index is 13.6. The van der Waals surface area contributed by atoms with Gasteiger partial charge in [-0.15, -0.1) is 0 Å². The average Bonchev–Trinajstić information content (AvgIpc) is 3.35. The maximum absolute atomic E-state index is 13.6. The van der Waals surface area contributed by atoms with Crippen molar-refractivity contribution in [2.24, 2.45) is 35.0 Å². The summed E-state index contributed by atoms with van der Waals surface area (Å²) in [6.45, 7) is 2.78. The molecule has 6 aliphatic rings. The number of hydrogen-bond acceptors (Lipinski definition) is 6. The number of rotatable bonds is 10. The van der Waals surface area contributed by atoms with Crippen molar-refractivity contribution in [2.45, 2.75) is 64.0 Å². The van der Waals surface area contributed by atoms with Crippen LogP contribution < -0.4 is 5.32 Å². The number of benzene rings is 1. The first kappa shape index (κ1) is 27.2. The second kappa shape index (κ2) is 10.8. The van der Waals surface area contributed by atoms with Crippen molar-refractivity contribution in [1.82, 2.24) is 15.1 Å². The van der Waals surface area contributed by atoms with E-state index >= 15 is 0 Å². The molecule has 4 unspecified atom stereocenters. The number of piperazine rings is 1. The van der Waals surface area contributed by atoms with Crippen LogP contribution in [0.15, 0.2) is 24.3 Å². The molecule has 6 bridgehead atoms. The molecule has 9 heteroatoms. The van der Waals surface area contributed by atoms with Gasteiger partial charge in [-0.2, -0.15) is 0 Å². The fourth-order valence-corrected chi connectivity index (χ4v) is 9.42. The summed E-state index contributed by atoms with van der Waals surface area (Å²) in [4.78, 5) is 54.4. The molecule has 2 N–H and O–H groups in total. The predicted octanol–water partition coefficient (Wildman–Crippen LogP) is 2.93. The van der Waals surface area contributed by atoms with Crippen molar-refractivity contribution in [2.75, 3.05) is 33.3 Å². The van der Waals surface area contributed by atoms with E-state index in [1.807, 2.05) is 18.2 Å². The molecule has 0 radical (unpaired) electrons. The zero-order valence-corrected chi connectivity index (χ0v) is 23.3. The fraction of sp³-hybridized carbons (Fsp3) is 0.677. The number of carbonyl (C=O) groups is 4. The van der Waals surface area contributed by atoms with Gasteiger partial charge in [0.2, 0.25) is 11.8 Å². The van der Waals surface area contributed by atoms with Gasteiger partial charge in [0.25, 0.3) is 0 Å². The van der Waals surface area contributed by atoms with E-state index in [1.54, 1.807) is 11.0 Å². The van der Waals surface area contributed by atoms with Gasteiger partial charge in [0.1, 0.15) is 6.04 Å². The molecule has 1 aromatic rings. The summed E-state index contributed by atoms with van der Waals surface area (Å²) < 4.78 is 4.91. The summed E-state index contributed by atoms with van der Waals surface area (Å²) in [6.07, 6.45) is 6.51. The largest absolute Gasteiger partial charge is 0.481 e. The molecule has 9 nitrogen and oxygen atoms in total. The number of hydrogen-bond donors (Lipinski definition) is 2. The average molecular weight is 552 g/mol. The van der Waals surface area contributed by atoms with E-state index in [-0.39, 0.29) is 36.0 Å². The molecule has 4 atom stereocenters. The van der Waals surface area contributed by atoms with Crippen molar-refractivity contribution in [3.05, 3.63) is 35.4 Å². The first-order valence-corrected chi connectivity index (χ1v) is 14.9. The third kappa shape index (κ3) is 5.13. The Bertz CT molecular complexity index is 1160. The molecule has 1 heterocycles. The van der Waals surface area contributed by atoms with Crippen LogP contribution in [0, 0.1) is 35.0 Å². The second-order valence-electron chi connectivity index (χ2n) is 13.1. The Morgan fingerprint density at radius 3 is 2.38 bits per heavy atom. The number of ether oxygens (including phenoxy) is 1. The minimum absolute atomic E-state index is 0.0661. The normalized spacial score (nSPS) is 32.7. The molecular formula is C31H41N3O6. The summed E-state index contributed by atoms with van der Waals surface area (Å²) in [5.41, 5.74) is 1.48. The van der Waals surface area contributed by atoms with Gasteiger partial charge < -0.3 is 20.1 Å². The number of carboxylic acids is 1. The van der Waals surface area contributed by atoms with Crippen LogP contribution in [0.1, 0.15) is 67.3 Å². The molecule has 1 aromatic carbocycles. The van der Waals surface area contributed by atoms with Crippen LogP contribution in [0.2, 0.25) is 0 Å². The monoisotopic (exact) mass is 551 g/mol. The molecule has 6 fully saturated rings. The lowest BCUT2D eigenvalue weighted by atomic mass is 9.52. The van der Waals surface area contributed by atoms with Gasteiger partial charge in [-0.1, -0.05) is 18.2 Å². The van der Waals surface area contributed by atoms with Gasteiger partial charge in [0, 0.05) is 45.6 Å². The van der Waals surface area contributed by atoms with Crippen molar-refractivity contribution in [3.8, 4) is 0 Å². The molecule has 40 heavy (non-hydrogen) atoms. The minimum Gasteiger partial charge on any atom is -0.481 e. The van der Waals surface area contributed by atoms with Crippen molar-refractivity contribution < 1.29 is 29.0 Å². The van der Waals surface area contributed by atoms with Crippen LogP contribution in [-0.4, -0.2) is 78.0 Å². The summed E-state index contributed by atoms with van der Waals surface area (Å²) >= 11 is 0. The molecule has 7 rings (SSSR count). The van der Waals surface area contributed by atoms with Gasteiger partial charge >= 0.3 is 11.9 Å². The van der Waals surface area contributed by atoms with Crippen molar-refractivity contribution in [3.63, 3.8) is 0 Å². The SMILES string of the molecule is COC(=O)c1ccccc1CN1CCN(C(=O)C(CCC(=O)O)NC(=O)CC23CC4CC5CC(C2)C4C5C3)CC1. The molecule has 5 aliphatic carbocycles. The number of methoxy groups -OCH3 is 1. The van der Waals surface area contributed by atoms with Crippen LogP contribution in [0.25, 0.3) is 0 Å². The lowest BCUT2D eigenvalue weighted by molar-refractivity contribution is -0.141. The van der Waals surface area contributed by atoms with Crippen molar-refractivity contribution >= 4 is 23.8 Å². The van der Waals surface area contributed by atoms with Crippen LogP contribution in [0.4, 0.5) is 0 Å². The van der Waals surface area contributed by atoms with Gasteiger partial charge in [-0.05, 0) is 85.2 Å². The smallest absolute Gasteiger partial charge is 0.338 e. The highest BCUT2D eigenvalue weighted by molar-refractivity contribution is 5.91. The Morgan fingerprint density at radius 1 is 1.02 bits per heavy atom. The molecule has 0 spiro atoms. The van der Waals surface area contributed by atoms with E-state index in [4.69, 9.17) is 4.74 Å². The van der Waals surface area contributed by atoms with Gasteiger partial charge in [-0.3, -0.25) is 19.3 Å². The number of nitrogens with zero attached hydrogens (tertiary/aromatic N) is 2. The molecule has 1 saturated heterocycles. The third-order valence-electron chi connectivity index (χ3n) is 10.8. The Labute approximate surface area is 235 Å². The van der Waals surface area contributed by atoms with Crippen LogP contribution in [0.5, 0.6) is 0 Å². The zero-order chi connectivity index (χ0) is 28.0. The Morgan fingerprint density at radius 2 is 1.73 bits per heavy atom. The van der Waals surface area contributed by atoms with Crippen LogP contribution in [0.3, 0.4) is 0 Å². The number of esters is 1. The number of carbonyl (C=O) groups excluding carboxylic acids is 3. The fourth-order valence-electron chi connectivity index (χ4n) is 9.42. The Balaban J connectivity index is 1.06. The molecule has 1 aliphatic heterocycles. The second-order valence-corrected chi connectivity index (χ2v) is 13.1. The van der Waals surface area contributed by atoms with Crippen molar-refractivity contribution in [1.29, 1.82) is 0 Å². The van der Waals surface area contributed by atoms with Gasteiger partial charge in [0.05, 0.1) is 12.7 Å². The summed E-state index contributed by atoms with van der Waals surface area (Å²) in [5.74, 6) is 2.49. The number of nitrogens with one attached hydrogen (secondary N) is 1. The lowest BCUT2D eigenvalue weighted by Gasteiger charge is -2.53.